The Morgan fingerprint density at radius 2 is 1.88 bits per heavy atom. The monoisotopic (exact) mass is 466 g/mol. The number of aromatic amines is 1. The SMILES string of the molecule is NS(=O)(=O)c1ccc(Oc2ncnc(N3CCc4c([nH]c5ccccc45)C3)c2[N+](=O)[O-])cc1. The van der Waals surface area contributed by atoms with Crippen LogP contribution in [-0.4, -0.2) is 34.8 Å². The zero-order valence-corrected chi connectivity index (χ0v) is 17.9. The molecule has 0 saturated heterocycles. The first-order valence-corrected chi connectivity index (χ1v) is 11.5. The summed E-state index contributed by atoms with van der Waals surface area (Å²) < 4.78 is 28.5. The minimum absolute atomic E-state index is 0.102. The zero-order chi connectivity index (χ0) is 23.2. The van der Waals surface area contributed by atoms with Gasteiger partial charge in [0.2, 0.25) is 15.8 Å². The van der Waals surface area contributed by atoms with Gasteiger partial charge in [-0.3, -0.25) is 10.1 Å². The highest BCUT2D eigenvalue weighted by molar-refractivity contribution is 7.89. The number of sulfonamides is 1. The molecule has 168 valence electrons. The van der Waals surface area contributed by atoms with Crippen LogP contribution in [0.3, 0.4) is 0 Å². The van der Waals surface area contributed by atoms with Crippen LogP contribution in [0.4, 0.5) is 11.5 Å². The molecule has 12 heteroatoms. The van der Waals surface area contributed by atoms with Crippen LogP contribution in [0.15, 0.2) is 59.8 Å². The molecule has 0 fully saturated rings. The largest absolute Gasteiger partial charge is 0.434 e. The van der Waals surface area contributed by atoms with Gasteiger partial charge >= 0.3 is 11.6 Å². The van der Waals surface area contributed by atoms with E-state index in [1.807, 2.05) is 23.1 Å². The third kappa shape index (κ3) is 3.85. The first-order chi connectivity index (χ1) is 15.8. The molecule has 4 aromatic rings. The number of H-pyrrole nitrogens is 1. The first-order valence-electron chi connectivity index (χ1n) is 9.95. The lowest BCUT2D eigenvalue weighted by atomic mass is 10.0. The second kappa shape index (κ2) is 7.83. The summed E-state index contributed by atoms with van der Waals surface area (Å²) in [5, 5.41) is 18.2. The Labute approximate surface area is 188 Å². The molecular weight excluding hydrogens is 448 g/mol. The summed E-state index contributed by atoms with van der Waals surface area (Å²) in [6.45, 7) is 0.958. The van der Waals surface area contributed by atoms with Gasteiger partial charge in [0.1, 0.15) is 12.1 Å². The number of nitro groups is 1. The lowest BCUT2D eigenvalue weighted by molar-refractivity contribution is -0.385. The quantitative estimate of drug-likeness (QED) is 0.336. The number of para-hydroxylation sites is 1. The van der Waals surface area contributed by atoms with E-state index < -0.39 is 14.9 Å². The summed E-state index contributed by atoms with van der Waals surface area (Å²) in [5.74, 6) is 0.0814. The molecule has 1 aliphatic heterocycles. The highest BCUT2D eigenvalue weighted by Crippen LogP contribution is 2.38. The fraction of sp³-hybridized carbons (Fsp3) is 0.143. The van der Waals surface area contributed by atoms with Gasteiger partial charge in [0.15, 0.2) is 0 Å². The van der Waals surface area contributed by atoms with E-state index in [1.165, 1.54) is 36.2 Å². The Morgan fingerprint density at radius 3 is 2.61 bits per heavy atom. The van der Waals surface area contributed by atoms with Crippen molar-refractivity contribution >= 4 is 32.4 Å². The van der Waals surface area contributed by atoms with E-state index in [-0.39, 0.29) is 28.0 Å². The predicted octanol–water partition coefficient (Wildman–Crippen LogP) is 2.87. The summed E-state index contributed by atoms with van der Waals surface area (Å²) in [7, 11) is -3.87. The molecule has 0 saturated carbocycles. The molecule has 0 amide bonds. The van der Waals surface area contributed by atoms with E-state index in [0.29, 0.717) is 19.5 Å². The molecule has 3 N–H and O–H groups in total. The number of nitrogens with zero attached hydrogens (tertiary/aromatic N) is 4. The second-order valence-corrected chi connectivity index (χ2v) is 9.09. The average Bonchev–Trinajstić information content (AvgIpc) is 3.16. The molecule has 1 aliphatic rings. The molecule has 11 nitrogen and oxygen atoms in total. The summed E-state index contributed by atoms with van der Waals surface area (Å²) in [6.07, 6.45) is 1.91. The van der Waals surface area contributed by atoms with Crippen molar-refractivity contribution in [2.75, 3.05) is 11.4 Å². The van der Waals surface area contributed by atoms with Crippen LogP contribution < -0.4 is 14.8 Å². The van der Waals surface area contributed by atoms with Gasteiger partial charge in [-0.05, 0) is 42.3 Å². The van der Waals surface area contributed by atoms with Crippen molar-refractivity contribution in [3.05, 3.63) is 76.2 Å². The van der Waals surface area contributed by atoms with Crippen LogP contribution in [0.1, 0.15) is 11.3 Å². The smallest absolute Gasteiger partial charge is 0.373 e. The van der Waals surface area contributed by atoms with Gasteiger partial charge in [-0.15, -0.1) is 0 Å². The molecule has 0 atom stereocenters. The summed E-state index contributed by atoms with van der Waals surface area (Å²) >= 11 is 0. The molecule has 0 spiro atoms. The van der Waals surface area contributed by atoms with Crippen molar-refractivity contribution in [1.82, 2.24) is 15.0 Å². The number of nitrogens with two attached hydrogens (primary N) is 1. The zero-order valence-electron chi connectivity index (χ0n) is 17.1. The maximum atomic E-state index is 12.0. The highest BCUT2D eigenvalue weighted by atomic mass is 32.2. The van der Waals surface area contributed by atoms with Crippen LogP contribution in [-0.2, 0) is 23.0 Å². The van der Waals surface area contributed by atoms with Crippen LogP contribution in [0.25, 0.3) is 10.9 Å². The van der Waals surface area contributed by atoms with Crippen molar-refractivity contribution in [2.24, 2.45) is 5.14 Å². The number of hydrogen-bond donors (Lipinski definition) is 2. The van der Waals surface area contributed by atoms with Gasteiger partial charge in [-0.2, -0.15) is 4.98 Å². The second-order valence-electron chi connectivity index (χ2n) is 7.53. The van der Waals surface area contributed by atoms with E-state index in [4.69, 9.17) is 9.88 Å². The Morgan fingerprint density at radius 1 is 1.12 bits per heavy atom. The van der Waals surface area contributed by atoms with Gasteiger partial charge in [-0.25, -0.2) is 18.5 Å². The third-order valence-electron chi connectivity index (χ3n) is 5.50. The Bertz CT molecular complexity index is 1480. The van der Waals surface area contributed by atoms with Gasteiger partial charge in [0, 0.05) is 23.1 Å². The maximum absolute atomic E-state index is 12.0. The molecule has 5 rings (SSSR count). The lowest BCUT2D eigenvalue weighted by Gasteiger charge is -2.27. The van der Waals surface area contributed by atoms with Crippen molar-refractivity contribution in [3.8, 4) is 11.6 Å². The maximum Gasteiger partial charge on any atom is 0.373 e. The molecule has 3 heterocycles. The summed E-state index contributed by atoms with van der Waals surface area (Å²) in [5.41, 5.74) is 2.84. The van der Waals surface area contributed by atoms with Crippen LogP contribution in [0.2, 0.25) is 0 Å². The summed E-state index contributed by atoms with van der Waals surface area (Å²) in [4.78, 5) is 24.6. The fourth-order valence-electron chi connectivity index (χ4n) is 4.00. The molecule has 33 heavy (non-hydrogen) atoms. The molecule has 2 aromatic carbocycles. The molecular formula is C21H18N6O5S. The van der Waals surface area contributed by atoms with E-state index >= 15 is 0 Å². The predicted molar refractivity (Wildman–Crippen MR) is 120 cm³/mol. The van der Waals surface area contributed by atoms with Crippen molar-refractivity contribution in [1.29, 1.82) is 0 Å². The van der Waals surface area contributed by atoms with E-state index in [0.717, 1.165) is 16.6 Å². The van der Waals surface area contributed by atoms with Gasteiger partial charge in [0.05, 0.1) is 16.4 Å². The standard InChI is InChI=1S/C21H18N6O5S/c22-33(30,31)14-7-5-13(6-8-14)32-21-19(27(28)29)20(23-12-24-21)26-10-9-16-15-3-1-2-4-17(15)25-18(16)11-26/h1-8,12,25H,9-11H2,(H2,22,30,31). The molecule has 0 radical (unpaired) electrons. The number of aromatic nitrogens is 3. The number of benzene rings is 2. The van der Waals surface area contributed by atoms with E-state index in [2.05, 4.69) is 21.0 Å². The number of nitrogens with one attached hydrogen (secondary N) is 1. The highest BCUT2D eigenvalue weighted by Gasteiger charge is 2.31. The Balaban J connectivity index is 1.48. The number of fused-ring (bicyclic) bond motifs is 3. The number of ether oxygens (including phenoxy) is 1. The minimum Gasteiger partial charge on any atom is -0.434 e. The topological polar surface area (TPSA) is 157 Å². The number of anilines is 1. The van der Waals surface area contributed by atoms with Gasteiger partial charge < -0.3 is 14.6 Å². The van der Waals surface area contributed by atoms with Gasteiger partial charge in [-0.1, -0.05) is 18.2 Å². The summed E-state index contributed by atoms with van der Waals surface area (Å²) in [6, 6.07) is 13.2. The lowest BCUT2D eigenvalue weighted by Crippen LogP contribution is -2.31. The Hall–Kier alpha value is -4.03. The number of rotatable bonds is 5. The number of hydrogen-bond acceptors (Lipinski definition) is 8. The first kappa shape index (κ1) is 20.8. The fourth-order valence-corrected chi connectivity index (χ4v) is 4.52. The third-order valence-corrected chi connectivity index (χ3v) is 6.43. The van der Waals surface area contributed by atoms with E-state index in [1.54, 1.807) is 0 Å². The Kier molecular flexibility index (Phi) is 4.95. The normalized spacial score (nSPS) is 13.7. The van der Waals surface area contributed by atoms with E-state index in [9.17, 15) is 18.5 Å². The van der Waals surface area contributed by atoms with Crippen molar-refractivity contribution < 1.29 is 18.1 Å². The number of primary sulfonamides is 1. The van der Waals surface area contributed by atoms with Crippen molar-refractivity contribution in [3.63, 3.8) is 0 Å². The molecule has 2 aromatic heterocycles. The molecule has 0 unspecified atom stereocenters. The van der Waals surface area contributed by atoms with Crippen LogP contribution in [0, 0.1) is 10.1 Å². The van der Waals surface area contributed by atoms with Crippen LogP contribution >= 0.6 is 0 Å². The van der Waals surface area contributed by atoms with Crippen LogP contribution in [0.5, 0.6) is 11.6 Å². The minimum atomic E-state index is -3.87. The molecule has 0 aliphatic carbocycles. The van der Waals surface area contributed by atoms with Crippen molar-refractivity contribution in [2.45, 2.75) is 17.9 Å². The molecule has 0 bridgehead atoms. The average molecular weight is 466 g/mol. The van der Waals surface area contributed by atoms with Gasteiger partial charge in [0.25, 0.3) is 0 Å².